The summed E-state index contributed by atoms with van der Waals surface area (Å²) in [6.07, 6.45) is 2.65. The number of ether oxygens (including phenoxy) is 1. The number of rotatable bonds is 8. The van der Waals surface area contributed by atoms with Crippen LogP contribution >= 0.6 is 0 Å². The third-order valence-corrected chi connectivity index (χ3v) is 7.44. The molecule has 3 heterocycles. The molecular formula is C32H37N7O3. The summed E-state index contributed by atoms with van der Waals surface area (Å²) in [6, 6.07) is 16.9. The maximum atomic E-state index is 13.1. The van der Waals surface area contributed by atoms with Crippen LogP contribution in [0.5, 0.6) is 6.01 Å². The predicted octanol–water partition coefficient (Wildman–Crippen LogP) is 4.83. The summed E-state index contributed by atoms with van der Waals surface area (Å²) in [6.45, 7) is 10.8. The van der Waals surface area contributed by atoms with Crippen LogP contribution in [-0.2, 0) is 12.5 Å². The summed E-state index contributed by atoms with van der Waals surface area (Å²) >= 11 is 0. The first-order valence-electron chi connectivity index (χ1n) is 14.1. The highest BCUT2D eigenvalue weighted by molar-refractivity contribution is 6.05. The van der Waals surface area contributed by atoms with Crippen molar-refractivity contribution >= 4 is 23.1 Å². The number of carbonyl (C=O) groups excluding carboxylic acids is 1. The van der Waals surface area contributed by atoms with E-state index in [0.717, 1.165) is 36.2 Å². The van der Waals surface area contributed by atoms with Crippen LogP contribution < -0.4 is 26.2 Å². The number of amides is 1. The Hall–Kier alpha value is -4.57. The molecule has 0 spiro atoms. The van der Waals surface area contributed by atoms with Gasteiger partial charge in [-0.2, -0.15) is 10.1 Å². The SMILES string of the molecule is Cc1c(NC(=O)c2ccc(C(C)(C)C)cc2)cccc1-c1cc(Nc2ccnc(OCC3CCNC3)n2)c(=O)n(C)n1. The number of aryl methyl sites for hydroxylation is 1. The Morgan fingerprint density at radius 2 is 1.90 bits per heavy atom. The van der Waals surface area contributed by atoms with E-state index >= 15 is 0 Å². The number of anilines is 3. The number of hydrogen-bond acceptors (Lipinski definition) is 8. The van der Waals surface area contributed by atoms with Crippen molar-refractivity contribution in [1.29, 1.82) is 0 Å². The minimum absolute atomic E-state index is 0.00681. The summed E-state index contributed by atoms with van der Waals surface area (Å²) in [5.41, 5.74) is 4.59. The summed E-state index contributed by atoms with van der Waals surface area (Å²) < 4.78 is 7.08. The van der Waals surface area contributed by atoms with E-state index in [1.807, 2.05) is 49.4 Å². The molecule has 42 heavy (non-hydrogen) atoms. The molecule has 4 aromatic rings. The van der Waals surface area contributed by atoms with E-state index in [1.54, 1.807) is 25.4 Å². The third kappa shape index (κ3) is 6.66. The molecule has 0 radical (unpaired) electrons. The van der Waals surface area contributed by atoms with Gasteiger partial charge in [0.15, 0.2) is 0 Å². The molecule has 0 aliphatic carbocycles. The van der Waals surface area contributed by atoms with E-state index < -0.39 is 0 Å². The highest BCUT2D eigenvalue weighted by Crippen LogP contribution is 2.29. The number of nitrogens with one attached hydrogen (secondary N) is 3. The number of carbonyl (C=O) groups is 1. The van der Waals surface area contributed by atoms with E-state index in [2.05, 4.69) is 51.8 Å². The fourth-order valence-electron chi connectivity index (χ4n) is 4.86. The molecule has 5 rings (SSSR count). The maximum absolute atomic E-state index is 13.1. The molecule has 1 aliphatic heterocycles. The van der Waals surface area contributed by atoms with Crippen molar-refractivity contribution in [3.63, 3.8) is 0 Å². The summed E-state index contributed by atoms with van der Waals surface area (Å²) in [7, 11) is 1.60. The van der Waals surface area contributed by atoms with Gasteiger partial charge in [-0.1, -0.05) is 45.0 Å². The van der Waals surface area contributed by atoms with Gasteiger partial charge in [-0.05, 0) is 66.8 Å². The summed E-state index contributed by atoms with van der Waals surface area (Å²) in [5, 5.41) is 13.9. The molecule has 1 amide bonds. The van der Waals surface area contributed by atoms with E-state index in [1.165, 1.54) is 4.68 Å². The average Bonchev–Trinajstić information content (AvgIpc) is 3.49. The second-order valence-electron chi connectivity index (χ2n) is 11.7. The Bertz CT molecular complexity index is 1640. The van der Waals surface area contributed by atoms with Crippen molar-refractivity contribution in [2.75, 3.05) is 30.3 Å². The maximum Gasteiger partial charge on any atom is 0.318 e. The number of hydrogen-bond donors (Lipinski definition) is 3. The molecule has 2 aromatic carbocycles. The largest absolute Gasteiger partial charge is 0.463 e. The lowest BCUT2D eigenvalue weighted by Gasteiger charge is -2.19. The van der Waals surface area contributed by atoms with E-state index in [-0.39, 0.29) is 22.9 Å². The van der Waals surface area contributed by atoms with Crippen molar-refractivity contribution in [2.24, 2.45) is 13.0 Å². The third-order valence-electron chi connectivity index (χ3n) is 7.44. The highest BCUT2D eigenvalue weighted by atomic mass is 16.5. The van der Waals surface area contributed by atoms with Crippen molar-refractivity contribution in [2.45, 2.75) is 39.5 Å². The molecule has 1 atom stereocenters. The Balaban J connectivity index is 1.35. The number of nitrogens with zero attached hydrogens (tertiary/aromatic N) is 4. The van der Waals surface area contributed by atoms with Crippen LogP contribution in [0.2, 0.25) is 0 Å². The Morgan fingerprint density at radius 3 is 2.62 bits per heavy atom. The van der Waals surface area contributed by atoms with Crippen molar-refractivity contribution in [1.82, 2.24) is 25.1 Å². The van der Waals surface area contributed by atoms with Gasteiger partial charge in [0.25, 0.3) is 11.5 Å². The van der Waals surface area contributed by atoms with Crippen LogP contribution in [0.15, 0.2) is 65.6 Å². The van der Waals surface area contributed by atoms with Gasteiger partial charge in [-0.3, -0.25) is 9.59 Å². The second kappa shape index (κ2) is 12.1. The van der Waals surface area contributed by atoms with Crippen LogP contribution in [0, 0.1) is 12.8 Å². The van der Waals surface area contributed by atoms with Gasteiger partial charge in [0.05, 0.1) is 12.3 Å². The lowest BCUT2D eigenvalue weighted by molar-refractivity contribution is 0.102. The van der Waals surface area contributed by atoms with Gasteiger partial charge in [-0.25, -0.2) is 9.67 Å². The standard InChI is InChI=1S/C32H37N7O3/c1-20-24(7-6-8-25(20)36-29(40)22-9-11-23(12-10-22)32(2,3)4)26-17-27(30(41)39(5)38-26)35-28-14-16-34-31(37-28)42-19-21-13-15-33-18-21/h6-12,14,16-17,21,33H,13,15,18-19H2,1-5H3,(H,36,40)(H,34,35,37). The number of benzene rings is 2. The molecule has 1 saturated heterocycles. The topological polar surface area (TPSA) is 123 Å². The Kier molecular flexibility index (Phi) is 8.35. The van der Waals surface area contributed by atoms with Gasteiger partial charge in [0, 0.05) is 42.5 Å². The zero-order chi connectivity index (χ0) is 29.9. The minimum atomic E-state index is -0.308. The van der Waals surface area contributed by atoms with Gasteiger partial charge in [0.2, 0.25) is 0 Å². The lowest BCUT2D eigenvalue weighted by atomic mass is 9.86. The zero-order valence-corrected chi connectivity index (χ0v) is 24.7. The second-order valence-corrected chi connectivity index (χ2v) is 11.7. The van der Waals surface area contributed by atoms with Crippen LogP contribution in [-0.4, -0.2) is 45.4 Å². The predicted molar refractivity (Wildman–Crippen MR) is 165 cm³/mol. The molecular weight excluding hydrogens is 530 g/mol. The Labute approximate surface area is 245 Å². The molecule has 1 aliphatic rings. The molecule has 1 unspecified atom stereocenters. The van der Waals surface area contributed by atoms with Gasteiger partial charge >= 0.3 is 6.01 Å². The van der Waals surface area contributed by atoms with Crippen molar-refractivity contribution < 1.29 is 9.53 Å². The number of aromatic nitrogens is 4. The quantitative estimate of drug-likeness (QED) is 0.277. The molecule has 2 aromatic heterocycles. The zero-order valence-electron chi connectivity index (χ0n) is 24.7. The molecule has 0 saturated carbocycles. The molecule has 1 fully saturated rings. The van der Waals surface area contributed by atoms with Crippen LogP contribution in [0.4, 0.5) is 17.2 Å². The first kappa shape index (κ1) is 28.9. The lowest BCUT2D eigenvalue weighted by Crippen LogP contribution is -2.23. The van der Waals surface area contributed by atoms with Crippen molar-refractivity contribution in [3.8, 4) is 17.3 Å². The van der Waals surface area contributed by atoms with Crippen LogP contribution in [0.25, 0.3) is 11.3 Å². The fraction of sp³-hybridized carbons (Fsp3) is 0.344. The van der Waals surface area contributed by atoms with Gasteiger partial charge < -0.3 is 20.7 Å². The summed E-state index contributed by atoms with van der Waals surface area (Å²) in [4.78, 5) is 34.7. The van der Waals surface area contributed by atoms with E-state index in [0.29, 0.717) is 41.0 Å². The molecule has 0 bridgehead atoms. The minimum Gasteiger partial charge on any atom is -0.463 e. The highest BCUT2D eigenvalue weighted by Gasteiger charge is 2.18. The van der Waals surface area contributed by atoms with Gasteiger partial charge in [-0.15, -0.1) is 0 Å². The van der Waals surface area contributed by atoms with Crippen LogP contribution in [0.3, 0.4) is 0 Å². The normalized spacial score (nSPS) is 14.9. The monoisotopic (exact) mass is 567 g/mol. The van der Waals surface area contributed by atoms with Crippen LogP contribution in [0.1, 0.15) is 48.7 Å². The smallest absolute Gasteiger partial charge is 0.318 e. The van der Waals surface area contributed by atoms with Crippen molar-refractivity contribution in [3.05, 3.63) is 87.8 Å². The molecule has 10 heteroatoms. The van der Waals surface area contributed by atoms with E-state index in [9.17, 15) is 9.59 Å². The fourth-order valence-corrected chi connectivity index (χ4v) is 4.86. The Morgan fingerprint density at radius 1 is 1.12 bits per heavy atom. The first-order valence-corrected chi connectivity index (χ1v) is 14.1. The molecule has 218 valence electrons. The molecule has 10 nitrogen and oxygen atoms in total. The van der Waals surface area contributed by atoms with E-state index in [4.69, 9.17) is 4.74 Å². The van der Waals surface area contributed by atoms with Gasteiger partial charge in [0.1, 0.15) is 11.5 Å². The molecule has 3 N–H and O–H groups in total. The average molecular weight is 568 g/mol. The first-order chi connectivity index (χ1) is 20.1. The summed E-state index contributed by atoms with van der Waals surface area (Å²) in [5.74, 6) is 0.671.